The number of Topliss-reactive ketones (excluding diaryl/α,β-unsaturated/α-hetero) is 1. The highest BCUT2D eigenvalue weighted by molar-refractivity contribution is 6.25. The first-order valence-electron chi connectivity index (χ1n) is 16.7. The van der Waals surface area contributed by atoms with E-state index in [9.17, 15) is 24.3 Å². The molecule has 8 rings (SSSR count). The number of phenols is 1. The second-order valence-electron chi connectivity index (χ2n) is 13.6. The molecule has 1 heterocycles. The Kier molecular flexibility index (Phi) is 7.44. The molecule has 4 aromatic carbocycles. The van der Waals surface area contributed by atoms with E-state index in [-0.39, 0.29) is 35.6 Å². The number of benzene rings is 4. The van der Waals surface area contributed by atoms with Gasteiger partial charge in [-0.15, -0.1) is 0 Å². The van der Waals surface area contributed by atoms with Gasteiger partial charge in [-0.25, -0.2) is 0 Å². The van der Waals surface area contributed by atoms with Crippen LogP contribution in [0, 0.1) is 17.8 Å². The Balaban J connectivity index is 1.14. The van der Waals surface area contributed by atoms with Crippen LogP contribution in [0.25, 0.3) is 10.8 Å². The fourth-order valence-corrected chi connectivity index (χ4v) is 8.14. The lowest BCUT2D eigenvalue weighted by Crippen LogP contribution is -2.40. The molecule has 4 aliphatic rings. The third kappa shape index (κ3) is 4.91. The highest BCUT2D eigenvalue weighted by atomic mass is 16.3. The number of nitrogens with zero attached hydrogens (tertiary/aromatic N) is 4. The van der Waals surface area contributed by atoms with Crippen molar-refractivity contribution in [2.75, 3.05) is 23.9 Å². The maximum absolute atomic E-state index is 14.4. The second kappa shape index (κ2) is 11.9. The molecule has 1 aliphatic heterocycles. The van der Waals surface area contributed by atoms with Gasteiger partial charge in [0.1, 0.15) is 5.75 Å². The first-order valence-corrected chi connectivity index (χ1v) is 16.7. The molecule has 1 N–H and O–H groups in total. The summed E-state index contributed by atoms with van der Waals surface area (Å²) >= 11 is 0. The van der Waals surface area contributed by atoms with Crippen LogP contribution in [-0.4, -0.2) is 42.6 Å². The van der Waals surface area contributed by atoms with Crippen LogP contribution in [0.5, 0.6) is 5.75 Å². The molecule has 9 heteroatoms. The molecule has 0 radical (unpaired) electrons. The van der Waals surface area contributed by atoms with E-state index in [1.165, 1.54) is 11.0 Å². The zero-order valence-corrected chi connectivity index (χ0v) is 27.8. The van der Waals surface area contributed by atoms with Crippen LogP contribution in [0.15, 0.2) is 130 Å². The topological polar surface area (TPSA) is 120 Å². The molecule has 0 saturated carbocycles. The SMILES string of the molecule is CC1=CC(=O)C2=C(C1=O)[C@@H](c1c(O)ccc3ccccc13)C1=CC[C@@H]3C(=O)N(c4ccc(N=Nc5ccc(N(C)C)cc5)cc4)C(=O)[C@@H]3[C@@H]1C2. The van der Waals surface area contributed by atoms with Gasteiger partial charge in [0.15, 0.2) is 11.6 Å². The molecule has 2 amide bonds. The van der Waals surface area contributed by atoms with Crippen molar-refractivity contribution in [1.29, 1.82) is 0 Å². The van der Waals surface area contributed by atoms with Crippen molar-refractivity contribution in [1.82, 2.24) is 0 Å². The monoisotopic (exact) mass is 662 g/mol. The van der Waals surface area contributed by atoms with E-state index in [1.54, 1.807) is 37.3 Å². The van der Waals surface area contributed by atoms with Crippen molar-refractivity contribution in [2.24, 2.45) is 28.0 Å². The third-order valence-electron chi connectivity index (χ3n) is 10.6. The highest BCUT2D eigenvalue weighted by Gasteiger charge is 2.57. The fourth-order valence-electron chi connectivity index (χ4n) is 8.14. The summed E-state index contributed by atoms with van der Waals surface area (Å²) in [4.78, 5) is 59.0. The smallest absolute Gasteiger partial charge is 0.238 e. The number of hydrogen-bond acceptors (Lipinski definition) is 8. The number of fused-ring (bicyclic) bond motifs is 4. The van der Waals surface area contributed by atoms with Crippen molar-refractivity contribution >= 4 is 56.9 Å². The molecule has 0 aromatic heterocycles. The molecular formula is C41H34N4O5. The van der Waals surface area contributed by atoms with E-state index in [0.29, 0.717) is 45.8 Å². The second-order valence-corrected chi connectivity index (χ2v) is 13.6. The summed E-state index contributed by atoms with van der Waals surface area (Å²) in [5, 5.41) is 21.7. The Hall–Kier alpha value is -5.96. The molecule has 0 unspecified atom stereocenters. The van der Waals surface area contributed by atoms with E-state index in [2.05, 4.69) is 10.2 Å². The number of allylic oxidation sites excluding steroid dienone is 6. The minimum absolute atomic E-state index is 0.00921. The molecule has 4 aromatic rings. The van der Waals surface area contributed by atoms with Crippen molar-refractivity contribution < 1.29 is 24.3 Å². The Labute approximate surface area is 288 Å². The number of hydrogen-bond donors (Lipinski definition) is 1. The average molecular weight is 663 g/mol. The number of carbonyl (C=O) groups excluding carboxylic acids is 4. The predicted octanol–water partition coefficient (Wildman–Crippen LogP) is 7.66. The van der Waals surface area contributed by atoms with Gasteiger partial charge < -0.3 is 10.0 Å². The van der Waals surface area contributed by atoms with Crippen LogP contribution in [-0.2, 0) is 19.2 Å². The number of aromatic hydroxyl groups is 1. The van der Waals surface area contributed by atoms with E-state index >= 15 is 0 Å². The Morgan fingerprint density at radius 2 is 1.48 bits per heavy atom. The number of carbonyl (C=O) groups is 4. The predicted molar refractivity (Wildman–Crippen MR) is 191 cm³/mol. The van der Waals surface area contributed by atoms with Crippen LogP contribution >= 0.6 is 0 Å². The number of ketones is 2. The van der Waals surface area contributed by atoms with Crippen LogP contribution in [0.2, 0.25) is 0 Å². The zero-order chi connectivity index (χ0) is 34.8. The minimum atomic E-state index is -0.739. The first-order chi connectivity index (χ1) is 24.1. The minimum Gasteiger partial charge on any atom is -0.508 e. The van der Waals surface area contributed by atoms with Crippen LogP contribution < -0.4 is 9.80 Å². The maximum Gasteiger partial charge on any atom is 0.238 e. The van der Waals surface area contributed by atoms with Gasteiger partial charge >= 0.3 is 0 Å². The van der Waals surface area contributed by atoms with Crippen LogP contribution in [0.1, 0.15) is 31.2 Å². The molecule has 1 fully saturated rings. The number of amides is 2. The van der Waals surface area contributed by atoms with Gasteiger partial charge in [-0.3, -0.25) is 24.1 Å². The average Bonchev–Trinajstić information content (AvgIpc) is 3.38. The van der Waals surface area contributed by atoms with Crippen molar-refractivity contribution in [3.8, 4) is 5.75 Å². The third-order valence-corrected chi connectivity index (χ3v) is 10.6. The van der Waals surface area contributed by atoms with E-state index in [0.717, 1.165) is 22.0 Å². The first kappa shape index (κ1) is 31.3. The summed E-state index contributed by atoms with van der Waals surface area (Å²) in [5.74, 6) is -3.72. The van der Waals surface area contributed by atoms with E-state index in [1.807, 2.05) is 79.7 Å². The number of phenolic OH excluding ortho intramolecular Hbond substituents is 1. The maximum atomic E-state index is 14.4. The largest absolute Gasteiger partial charge is 0.508 e. The Bertz CT molecular complexity index is 2260. The molecule has 0 spiro atoms. The molecule has 248 valence electrons. The van der Waals surface area contributed by atoms with Crippen LogP contribution in [0.4, 0.5) is 22.7 Å². The Morgan fingerprint density at radius 3 is 2.18 bits per heavy atom. The quantitative estimate of drug-likeness (QED) is 0.101. The van der Waals surface area contributed by atoms with E-state index < -0.39 is 23.7 Å². The van der Waals surface area contributed by atoms with Crippen molar-refractivity contribution in [3.05, 3.63) is 125 Å². The summed E-state index contributed by atoms with van der Waals surface area (Å²) in [6, 6.07) is 25.5. The molecule has 3 aliphatic carbocycles. The summed E-state index contributed by atoms with van der Waals surface area (Å²) in [5.41, 5.74) is 5.13. The van der Waals surface area contributed by atoms with Gasteiger partial charge in [0.05, 0.1) is 28.9 Å². The molecular weight excluding hydrogens is 628 g/mol. The Morgan fingerprint density at radius 1 is 0.800 bits per heavy atom. The van der Waals surface area contributed by atoms with Gasteiger partial charge in [0.2, 0.25) is 11.8 Å². The van der Waals surface area contributed by atoms with Crippen molar-refractivity contribution in [3.63, 3.8) is 0 Å². The number of azo groups is 1. The van der Waals surface area contributed by atoms with Gasteiger partial charge in [-0.1, -0.05) is 42.0 Å². The summed E-state index contributed by atoms with van der Waals surface area (Å²) in [7, 11) is 3.93. The summed E-state index contributed by atoms with van der Waals surface area (Å²) in [6.07, 6.45) is 3.80. The highest BCUT2D eigenvalue weighted by Crippen LogP contribution is 2.57. The van der Waals surface area contributed by atoms with Gasteiger partial charge in [-0.2, -0.15) is 10.2 Å². The van der Waals surface area contributed by atoms with Gasteiger partial charge in [-0.05, 0) is 97.1 Å². The van der Waals surface area contributed by atoms with Crippen LogP contribution in [0.3, 0.4) is 0 Å². The van der Waals surface area contributed by atoms with Crippen molar-refractivity contribution in [2.45, 2.75) is 25.7 Å². The fraction of sp³-hybridized carbons (Fsp3) is 0.220. The summed E-state index contributed by atoms with van der Waals surface area (Å²) < 4.78 is 0. The lowest BCUT2D eigenvalue weighted by Gasteiger charge is -2.42. The number of rotatable bonds is 5. The lowest BCUT2D eigenvalue weighted by atomic mass is 9.59. The molecule has 0 bridgehead atoms. The molecule has 1 saturated heterocycles. The van der Waals surface area contributed by atoms with Gasteiger partial charge in [0.25, 0.3) is 0 Å². The number of imide groups is 1. The molecule has 50 heavy (non-hydrogen) atoms. The lowest BCUT2D eigenvalue weighted by molar-refractivity contribution is -0.123. The normalized spacial score (nSPS) is 23.2. The van der Waals surface area contributed by atoms with Gasteiger partial charge in [0, 0.05) is 48.0 Å². The van der Waals surface area contributed by atoms with E-state index in [4.69, 9.17) is 0 Å². The molecule has 9 nitrogen and oxygen atoms in total. The zero-order valence-electron chi connectivity index (χ0n) is 27.8. The number of anilines is 2. The standard InChI is InChI=1S/C41H34N4O5/c1-22-20-34(47)32-21-31-29(37(38(32)39(22)48)36-28-7-5-4-6-23(28)8-19-33(36)46)17-18-30-35(31)41(50)45(40(30)49)27-15-11-25(12-16-27)43-42-24-9-13-26(14-10-24)44(2)3/h4-17,19-20,30-31,35,37,46H,18,21H2,1-3H3/t30-,31+,35-,37+/m0/s1. The molecule has 4 atom stereocenters. The summed E-state index contributed by atoms with van der Waals surface area (Å²) in [6.45, 7) is 1.63.